The molecule has 0 aliphatic rings. The molecule has 3 aromatic rings. The number of imidazole rings is 1. The Hall–Kier alpha value is -3.15. The molecule has 0 atom stereocenters. The Balaban J connectivity index is 1.70. The van der Waals surface area contributed by atoms with Gasteiger partial charge in [-0.25, -0.2) is 4.98 Å². The van der Waals surface area contributed by atoms with Crippen molar-refractivity contribution in [2.24, 2.45) is 0 Å². The minimum absolute atomic E-state index is 0.0324. The van der Waals surface area contributed by atoms with Gasteiger partial charge in [-0.2, -0.15) is 0 Å². The molecule has 28 heavy (non-hydrogen) atoms. The second kappa shape index (κ2) is 9.17. The van der Waals surface area contributed by atoms with Gasteiger partial charge in [0.25, 0.3) is 5.91 Å². The highest BCUT2D eigenvalue weighted by Gasteiger charge is 2.14. The number of aryl methyl sites for hydroxylation is 1. The Morgan fingerprint density at radius 2 is 1.86 bits per heavy atom. The second-order valence-electron chi connectivity index (χ2n) is 6.83. The molecule has 0 bridgehead atoms. The normalized spacial score (nSPS) is 10.8. The van der Waals surface area contributed by atoms with Gasteiger partial charge in [0, 0.05) is 25.1 Å². The van der Waals surface area contributed by atoms with E-state index in [-0.39, 0.29) is 18.4 Å². The number of aromatic nitrogens is 2. The standard InChI is InChI=1S/C22H26N4O2/c1-3-12-23-21(27)15-26-19-10-5-4-9-18(19)25-20(26)11-13-24-22(28)17-8-6-7-16(2)14-17/h4-10,14H,3,11-13,15H2,1-2H3,(H,23,27)(H,24,28). The van der Waals surface area contributed by atoms with Gasteiger partial charge in [0.15, 0.2) is 0 Å². The van der Waals surface area contributed by atoms with Crippen molar-refractivity contribution in [3.63, 3.8) is 0 Å². The molecule has 2 aromatic carbocycles. The summed E-state index contributed by atoms with van der Waals surface area (Å²) in [5.74, 6) is 0.652. The monoisotopic (exact) mass is 378 g/mol. The van der Waals surface area contributed by atoms with E-state index >= 15 is 0 Å². The van der Waals surface area contributed by atoms with E-state index in [9.17, 15) is 9.59 Å². The first-order chi connectivity index (χ1) is 13.6. The topological polar surface area (TPSA) is 76.0 Å². The Morgan fingerprint density at radius 3 is 2.64 bits per heavy atom. The molecule has 3 rings (SSSR count). The fourth-order valence-electron chi connectivity index (χ4n) is 3.13. The molecule has 6 heteroatoms. The lowest BCUT2D eigenvalue weighted by molar-refractivity contribution is -0.121. The number of hydrogen-bond donors (Lipinski definition) is 2. The Labute approximate surface area is 165 Å². The maximum atomic E-state index is 12.3. The van der Waals surface area contributed by atoms with E-state index in [0.29, 0.717) is 25.1 Å². The lowest BCUT2D eigenvalue weighted by Gasteiger charge is -2.10. The molecule has 1 heterocycles. The summed E-state index contributed by atoms with van der Waals surface area (Å²) >= 11 is 0. The van der Waals surface area contributed by atoms with E-state index in [2.05, 4.69) is 15.6 Å². The summed E-state index contributed by atoms with van der Waals surface area (Å²) in [5.41, 5.74) is 3.47. The number of hydrogen-bond acceptors (Lipinski definition) is 3. The third kappa shape index (κ3) is 4.76. The van der Waals surface area contributed by atoms with Gasteiger partial charge in [-0.05, 0) is 37.6 Å². The molecule has 0 unspecified atom stereocenters. The number of carbonyl (C=O) groups is 2. The van der Waals surface area contributed by atoms with Crippen molar-refractivity contribution >= 4 is 22.8 Å². The average Bonchev–Trinajstić information content (AvgIpc) is 3.03. The maximum absolute atomic E-state index is 12.3. The highest BCUT2D eigenvalue weighted by atomic mass is 16.2. The third-order valence-electron chi connectivity index (χ3n) is 4.52. The molecule has 2 N–H and O–H groups in total. The number of para-hydroxylation sites is 2. The number of rotatable bonds is 8. The second-order valence-corrected chi connectivity index (χ2v) is 6.83. The van der Waals surface area contributed by atoms with Gasteiger partial charge >= 0.3 is 0 Å². The number of nitrogens with one attached hydrogen (secondary N) is 2. The lowest BCUT2D eigenvalue weighted by atomic mass is 10.1. The van der Waals surface area contributed by atoms with E-state index in [0.717, 1.165) is 28.8 Å². The zero-order valence-electron chi connectivity index (χ0n) is 16.4. The van der Waals surface area contributed by atoms with Crippen LogP contribution < -0.4 is 10.6 Å². The summed E-state index contributed by atoms with van der Waals surface area (Å²) in [6.07, 6.45) is 1.45. The zero-order chi connectivity index (χ0) is 19.9. The Bertz CT molecular complexity index is 978. The van der Waals surface area contributed by atoms with Crippen LogP contribution in [0.25, 0.3) is 11.0 Å². The van der Waals surface area contributed by atoms with Crippen molar-refractivity contribution in [1.29, 1.82) is 0 Å². The van der Waals surface area contributed by atoms with Gasteiger partial charge in [0.05, 0.1) is 11.0 Å². The van der Waals surface area contributed by atoms with Crippen molar-refractivity contribution in [3.8, 4) is 0 Å². The molecule has 1 aromatic heterocycles. The number of nitrogens with zero attached hydrogens (tertiary/aromatic N) is 2. The van der Waals surface area contributed by atoms with Crippen molar-refractivity contribution in [3.05, 3.63) is 65.5 Å². The number of benzene rings is 2. The van der Waals surface area contributed by atoms with Crippen LogP contribution in [0.2, 0.25) is 0 Å². The van der Waals surface area contributed by atoms with Crippen LogP contribution in [0.5, 0.6) is 0 Å². The summed E-state index contributed by atoms with van der Waals surface area (Å²) in [6, 6.07) is 15.3. The number of fused-ring (bicyclic) bond motifs is 1. The SMILES string of the molecule is CCCNC(=O)Cn1c(CCNC(=O)c2cccc(C)c2)nc2ccccc21. The van der Waals surface area contributed by atoms with Gasteiger partial charge in [-0.3, -0.25) is 9.59 Å². The molecule has 0 saturated heterocycles. The largest absolute Gasteiger partial charge is 0.355 e. The van der Waals surface area contributed by atoms with Gasteiger partial charge < -0.3 is 15.2 Å². The summed E-state index contributed by atoms with van der Waals surface area (Å²) in [5, 5.41) is 5.85. The molecular weight excluding hydrogens is 352 g/mol. The first-order valence-electron chi connectivity index (χ1n) is 9.64. The highest BCUT2D eigenvalue weighted by molar-refractivity contribution is 5.94. The molecule has 0 aliphatic carbocycles. The number of amides is 2. The van der Waals surface area contributed by atoms with Crippen molar-refractivity contribution in [2.75, 3.05) is 13.1 Å². The molecular formula is C22H26N4O2. The predicted octanol–water partition coefficient (Wildman–Crippen LogP) is 2.84. The highest BCUT2D eigenvalue weighted by Crippen LogP contribution is 2.16. The van der Waals surface area contributed by atoms with Crippen LogP contribution in [0, 0.1) is 6.92 Å². The quantitative estimate of drug-likeness (QED) is 0.633. The van der Waals surface area contributed by atoms with Crippen molar-refractivity contribution < 1.29 is 9.59 Å². The summed E-state index contributed by atoms with van der Waals surface area (Å²) in [6.45, 7) is 5.32. The minimum Gasteiger partial charge on any atom is -0.355 e. The Kier molecular flexibility index (Phi) is 6.42. The van der Waals surface area contributed by atoms with Crippen LogP contribution in [-0.4, -0.2) is 34.5 Å². The predicted molar refractivity (Wildman–Crippen MR) is 110 cm³/mol. The van der Waals surface area contributed by atoms with Crippen LogP contribution in [0.4, 0.5) is 0 Å². The van der Waals surface area contributed by atoms with E-state index in [4.69, 9.17) is 0 Å². The van der Waals surface area contributed by atoms with Gasteiger partial charge in [0.2, 0.25) is 5.91 Å². The Morgan fingerprint density at radius 1 is 1.04 bits per heavy atom. The first-order valence-corrected chi connectivity index (χ1v) is 9.64. The smallest absolute Gasteiger partial charge is 0.251 e. The molecule has 6 nitrogen and oxygen atoms in total. The molecule has 0 aliphatic heterocycles. The fraction of sp³-hybridized carbons (Fsp3) is 0.318. The summed E-state index contributed by atoms with van der Waals surface area (Å²) in [7, 11) is 0. The summed E-state index contributed by atoms with van der Waals surface area (Å²) in [4.78, 5) is 29.2. The summed E-state index contributed by atoms with van der Waals surface area (Å²) < 4.78 is 1.93. The van der Waals surface area contributed by atoms with E-state index in [1.165, 1.54) is 0 Å². The van der Waals surface area contributed by atoms with Crippen LogP contribution in [-0.2, 0) is 17.8 Å². The van der Waals surface area contributed by atoms with Gasteiger partial charge in [-0.15, -0.1) is 0 Å². The van der Waals surface area contributed by atoms with Crippen LogP contribution in [0.1, 0.15) is 35.1 Å². The minimum atomic E-state index is -0.105. The molecule has 0 spiro atoms. The lowest BCUT2D eigenvalue weighted by Crippen LogP contribution is -2.30. The number of carbonyl (C=O) groups excluding carboxylic acids is 2. The average molecular weight is 378 g/mol. The van der Waals surface area contributed by atoms with E-state index in [1.807, 2.05) is 60.9 Å². The van der Waals surface area contributed by atoms with E-state index in [1.54, 1.807) is 6.07 Å². The van der Waals surface area contributed by atoms with Gasteiger partial charge in [-0.1, -0.05) is 36.8 Å². The van der Waals surface area contributed by atoms with Crippen molar-refractivity contribution in [2.45, 2.75) is 33.2 Å². The molecule has 146 valence electrons. The van der Waals surface area contributed by atoms with E-state index < -0.39 is 0 Å². The fourth-order valence-corrected chi connectivity index (χ4v) is 3.13. The third-order valence-corrected chi connectivity index (χ3v) is 4.52. The molecule has 0 fully saturated rings. The van der Waals surface area contributed by atoms with Crippen LogP contribution in [0.3, 0.4) is 0 Å². The molecule has 0 radical (unpaired) electrons. The van der Waals surface area contributed by atoms with Crippen LogP contribution in [0.15, 0.2) is 48.5 Å². The molecule has 0 saturated carbocycles. The molecule has 2 amide bonds. The van der Waals surface area contributed by atoms with Crippen LogP contribution >= 0.6 is 0 Å². The maximum Gasteiger partial charge on any atom is 0.251 e. The van der Waals surface area contributed by atoms with Crippen molar-refractivity contribution in [1.82, 2.24) is 20.2 Å². The van der Waals surface area contributed by atoms with Gasteiger partial charge in [0.1, 0.15) is 12.4 Å². The zero-order valence-corrected chi connectivity index (χ0v) is 16.4. The first kappa shape index (κ1) is 19.6.